The second-order valence-corrected chi connectivity index (χ2v) is 8.86. The molecule has 5 nitrogen and oxygen atoms in total. The van der Waals surface area contributed by atoms with E-state index in [1.54, 1.807) is 12.1 Å². The molecule has 0 aromatic heterocycles. The molecule has 1 aliphatic heterocycles. The number of amides is 1. The van der Waals surface area contributed by atoms with Crippen molar-refractivity contribution in [1.29, 1.82) is 0 Å². The summed E-state index contributed by atoms with van der Waals surface area (Å²) < 4.78 is 4.73. The molecule has 0 spiro atoms. The third-order valence-electron chi connectivity index (χ3n) is 6.65. The van der Waals surface area contributed by atoms with E-state index in [0.29, 0.717) is 18.5 Å². The van der Waals surface area contributed by atoms with Gasteiger partial charge in [0.2, 0.25) is 5.91 Å². The Balaban J connectivity index is 1.45. The van der Waals surface area contributed by atoms with E-state index in [0.717, 1.165) is 44.1 Å². The van der Waals surface area contributed by atoms with Crippen LogP contribution in [0.1, 0.15) is 60.5 Å². The van der Waals surface area contributed by atoms with Gasteiger partial charge in [-0.1, -0.05) is 49.4 Å². The minimum Gasteiger partial charge on any atom is -0.465 e. The van der Waals surface area contributed by atoms with E-state index in [4.69, 9.17) is 4.74 Å². The lowest BCUT2D eigenvalue weighted by Gasteiger charge is -2.27. The lowest BCUT2D eigenvalue weighted by molar-refractivity contribution is -0.129. The fourth-order valence-electron chi connectivity index (χ4n) is 4.45. The number of carbonyl (C=O) groups is 2. The van der Waals surface area contributed by atoms with Crippen LogP contribution in [0.3, 0.4) is 0 Å². The number of hydrogen-bond donors (Lipinski definition) is 1. The zero-order chi connectivity index (χ0) is 22.9. The molecular formula is C27H35NO4. The molecule has 2 aromatic carbocycles. The third kappa shape index (κ3) is 6.67. The number of ether oxygens (including phenoxy) is 1. The van der Waals surface area contributed by atoms with Gasteiger partial charge >= 0.3 is 5.97 Å². The van der Waals surface area contributed by atoms with Crippen molar-refractivity contribution in [3.8, 4) is 0 Å². The Morgan fingerprint density at radius 2 is 1.75 bits per heavy atom. The second-order valence-electron chi connectivity index (χ2n) is 8.86. The maximum absolute atomic E-state index is 12.4. The van der Waals surface area contributed by atoms with Crippen LogP contribution < -0.4 is 0 Å². The summed E-state index contributed by atoms with van der Waals surface area (Å²) in [5.74, 6) is 0.0878. The lowest BCUT2D eigenvalue weighted by Crippen LogP contribution is -2.35. The summed E-state index contributed by atoms with van der Waals surface area (Å²) in [5, 5.41) is 10.7. The van der Waals surface area contributed by atoms with Crippen LogP contribution >= 0.6 is 0 Å². The van der Waals surface area contributed by atoms with Crippen molar-refractivity contribution in [2.24, 2.45) is 5.92 Å². The van der Waals surface area contributed by atoms with Crippen molar-refractivity contribution >= 4 is 11.9 Å². The Kier molecular flexibility index (Phi) is 8.86. The van der Waals surface area contributed by atoms with Gasteiger partial charge in [-0.15, -0.1) is 0 Å². The molecule has 0 bridgehead atoms. The van der Waals surface area contributed by atoms with Gasteiger partial charge < -0.3 is 14.7 Å². The highest BCUT2D eigenvalue weighted by Gasteiger charge is 2.31. The molecular weight excluding hydrogens is 402 g/mol. The van der Waals surface area contributed by atoms with Gasteiger partial charge in [0.15, 0.2) is 0 Å². The molecule has 0 saturated carbocycles. The Morgan fingerprint density at radius 3 is 2.44 bits per heavy atom. The smallest absolute Gasteiger partial charge is 0.337 e. The first-order valence-electron chi connectivity index (χ1n) is 11.7. The molecule has 3 atom stereocenters. The van der Waals surface area contributed by atoms with E-state index in [1.165, 1.54) is 12.7 Å². The number of rotatable bonds is 11. The maximum Gasteiger partial charge on any atom is 0.337 e. The van der Waals surface area contributed by atoms with Crippen molar-refractivity contribution in [3.63, 3.8) is 0 Å². The zero-order valence-electron chi connectivity index (χ0n) is 19.2. The average Bonchev–Trinajstić information content (AvgIpc) is 3.19. The SMILES string of the molecule is COC(=O)c1ccc(CCN2C(=O)CCC2CC[C@@H](O)[C@@H](C)CCc2ccccc2)cc1. The van der Waals surface area contributed by atoms with Crippen molar-refractivity contribution in [1.82, 2.24) is 4.90 Å². The first-order valence-corrected chi connectivity index (χ1v) is 11.7. The highest BCUT2D eigenvalue weighted by atomic mass is 16.5. The number of nitrogens with zero attached hydrogens (tertiary/aromatic N) is 1. The van der Waals surface area contributed by atoms with Crippen molar-refractivity contribution in [2.45, 2.75) is 64.0 Å². The number of hydrogen-bond acceptors (Lipinski definition) is 4. The average molecular weight is 438 g/mol. The number of esters is 1. The Labute approximate surface area is 191 Å². The number of likely N-dealkylation sites (tertiary alicyclic amines) is 1. The van der Waals surface area contributed by atoms with Gasteiger partial charge in [0, 0.05) is 19.0 Å². The van der Waals surface area contributed by atoms with E-state index in [-0.39, 0.29) is 29.9 Å². The van der Waals surface area contributed by atoms with Crippen molar-refractivity contribution in [2.75, 3.05) is 13.7 Å². The fourth-order valence-corrected chi connectivity index (χ4v) is 4.45. The predicted octanol–water partition coefficient (Wildman–Crippen LogP) is 4.42. The van der Waals surface area contributed by atoms with Crippen LogP contribution in [0.5, 0.6) is 0 Å². The number of benzene rings is 2. The molecule has 1 unspecified atom stereocenters. The number of aliphatic hydroxyl groups excluding tert-OH is 1. The highest BCUT2D eigenvalue weighted by Crippen LogP contribution is 2.26. The number of aryl methyl sites for hydroxylation is 1. The number of methoxy groups -OCH3 is 1. The molecule has 32 heavy (non-hydrogen) atoms. The summed E-state index contributed by atoms with van der Waals surface area (Å²) in [4.78, 5) is 26.0. The molecule has 0 radical (unpaired) electrons. The highest BCUT2D eigenvalue weighted by molar-refractivity contribution is 5.89. The standard InChI is InChI=1S/C27H35NO4/c1-20(8-9-21-6-4-3-5-7-21)25(29)16-14-24-15-17-26(30)28(24)19-18-22-10-12-23(13-11-22)27(31)32-2/h3-7,10-13,20,24-25,29H,8-9,14-19H2,1-2H3/t20-,24?,25+/m0/s1. The van der Waals surface area contributed by atoms with Gasteiger partial charge in [-0.05, 0) is 67.7 Å². The van der Waals surface area contributed by atoms with Gasteiger partial charge in [0.1, 0.15) is 0 Å². The molecule has 3 rings (SSSR count). The fraction of sp³-hybridized carbons (Fsp3) is 0.481. The van der Waals surface area contributed by atoms with E-state index in [1.807, 2.05) is 23.1 Å². The van der Waals surface area contributed by atoms with Gasteiger partial charge in [0.25, 0.3) is 0 Å². The summed E-state index contributed by atoms with van der Waals surface area (Å²) in [6.07, 6.45) is 5.35. The predicted molar refractivity (Wildman–Crippen MR) is 125 cm³/mol. The molecule has 1 saturated heterocycles. The largest absolute Gasteiger partial charge is 0.465 e. The number of carbonyl (C=O) groups excluding carboxylic acids is 2. The van der Waals surface area contributed by atoms with Gasteiger partial charge in [-0.3, -0.25) is 4.79 Å². The molecule has 5 heteroatoms. The molecule has 172 valence electrons. The van der Waals surface area contributed by atoms with Gasteiger partial charge in [-0.25, -0.2) is 4.79 Å². The van der Waals surface area contributed by atoms with Crippen molar-refractivity contribution in [3.05, 3.63) is 71.3 Å². The molecule has 1 fully saturated rings. The summed E-state index contributed by atoms with van der Waals surface area (Å²) in [6, 6.07) is 17.9. The van der Waals surface area contributed by atoms with Crippen LogP contribution in [0.25, 0.3) is 0 Å². The minimum atomic E-state index is -0.345. The third-order valence-corrected chi connectivity index (χ3v) is 6.65. The zero-order valence-corrected chi connectivity index (χ0v) is 19.2. The minimum absolute atomic E-state index is 0.202. The Morgan fingerprint density at radius 1 is 1.06 bits per heavy atom. The summed E-state index contributed by atoms with van der Waals surface area (Å²) in [6.45, 7) is 2.78. The quantitative estimate of drug-likeness (QED) is 0.529. The molecule has 1 heterocycles. The maximum atomic E-state index is 12.4. The molecule has 1 aliphatic rings. The monoisotopic (exact) mass is 437 g/mol. The molecule has 0 aliphatic carbocycles. The first-order chi connectivity index (χ1) is 15.5. The summed E-state index contributed by atoms with van der Waals surface area (Å²) >= 11 is 0. The molecule has 2 aromatic rings. The van der Waals surface area contributed by atoms with E-state index < -0.39 is 0 Å². The van der Waals surface area contributed by atoms with Crippen LogP contribution in [-0.4, -0.2) is 47.7 Å². The Bertz CT molecular complexity index is 865. The van der Waals surface area contributed by atoms with Crippen LogP contribution in [0.4, 0.5) is 0 Å². The summed E-state index contributed by atoms with van der Waals surface area (Å²) in [5.41, 5.74) is 2.92. The van der Waals surface area contributed by atoms with E-state index in [9.17, 15) is 14.7 Å². The van der Waals surface area contributed by atoms with E-state index in [2.05, 4.69) is 31.2 Å². The normalized spacial score (nSPS) is 17.9. The second kappa shape index (κ2) is 11.8. The lowest BCUT2D eigenvalue weighted by atomic mass is 9.92. The Hall–Kier alpha value is -2.66. The molecule has 1 amide bonds. The van der Waals surface area contributed by atoms with Crippen LogP contribution in [0.15, 0.2) is 54.6 Å². The van der Waals surface area contributed by atoms with Crippen LogP contribution in [0.2, 0.25) is 0 Å². The van der Waals surface area contributed by atoms with Crippen LogP contribution in [0, 0.1) is 5.92 Å². The van der Waals surface area contributed by atoms with Gasteiger partial charge in [-0.2, -0.15) is 0 Å². The summed E-state index contributed by atoms with van der Waals surface area (Å²) in [7, 11) is 1.37. The topological polar surface area (TPSA) is 66.8 Å². The van der Waals surface area contributed by atoms with Gasteiger partial charge in [0.05, 0.1) is 18.8 Å². The van der Waals surface area contributed by atoms with E-state index >= 15 is 0 Å². The number of aliphatic hydroxyl groups is 1. The molecule has 1 N–H and O–H groups in total. The van der Waals surface area contributed by atoms with Crippen molar-refractivity contribution < 1.29 is 19.4 Å². The van der Waals surface area contributed by atoms with Crippen LogP contribution in [-0.2, 0) is 22.4 Å². The first kappa shape index (κ1) is 24.0.